The number of amides is 3. The van der Waals surface area contributed by atoms with Crippen LogP contribution in [0.25, 0.3) is 0 Å². The van der Waals surface area contributed by atoms with E-state index in [-0.39, 0.29) is 11.9 Å². The smallest absolute Gasteiger partial charge is 0.320 e. The Morgan fingerprint density at radius 3 is 1.56 bits per heavy atom. The van der Waals surface area contributed by atoms with E-state index in [4.69, 9.17) is 0 Å². The molecule has 18 heavy (non-hydrogen) atoms. The predicted molar refractivity (Wildman–Crippen MR) is 70.3 cm³/mol. The fourth-order valence-corrected chi connectivity index (χ4v) is 1.77. The summed E-state index contributed by atoms with van der Waals surface area (Å²) in [7, 11) is 0. The first-order valence-electron chi connectivity index (χ1n) is 5.88. The lowest BCUT2D eigenvalue weighted by Crippen LogP contribution is -2.23. The van der Waals surface area contributed by atoms with E-state index in [2.05, 4.69) is 19.7 Å². The first-order chi connectivity index (χ1) is 8.63. The normalized spacial score (nSPS) is 18.6. The molecule has 0 aromatic rings. The van der Waals surface area contributed by atoms with Gasteiger partial charge >= 0.3 is 6.03 Å². The van der Waals surface area contributed by atoms with Crippen LogP contribution in [0.1, 0.15) is 12.8 Å². The Morgan fingerprint density at radius 2 is 1.33 bits per heavy atom. The molecule has 3 amide bonds. The van der Waals surface area contributed by atoms with Gasteiger partial charge in [-0.3, -0.25) is 14.6 Å². The summed E-state index contributed by atoms with van der Waals surface area (Å²) in [5.41, 5.74) is 0. The van der Waals surface area contributed by atoms with Crippen LogP contribution < -0.4 is 0 Å². The van der Waals surface area contributed by atoms with Gasteiger partial charge in [-0.2, -0.15) is 0 Å². The highest BCUT2D eigenvalue weighted by Crippen LogP contribution is 2.08. The number of urea groups is 1. The Bertz CT molecular complexity index is 347. The second-order valence-electron chi connectivity index (χ2n) is 3.91. The van der Waals surface area contributed by atoms with Gasteiger partial charge < -0.3 is 4.90 Å². The summed E-state index contributed by atoms with van der Waals surface area (Å²) < 4.78 is 0. The molecule has 0 aromatic carbocycles. The minimum atomic E-state index is -0.0370. The zero-order chi connectivity index (χ0) is 13.5. The van der Waals surface area contributed by atoms with Crippen molar-refractivity contribution in [3.63, 3.8) is 0 Å². The molecule has 2 saturated heterocycles. The van der Waals surface area contributed by atoms with Crippen LogP contribution in [-0.2, 0) is 4.79 Å². The number of hydrogen-bond donors (Lipinski definition) is 0. The molecule has 0 aromatic heterocycles. The molecular weight excluding hydrogens is 230 g/mol. The maximum Gasteiger partial charge on any atom is 0.328 e. The molecule has 0 saturated carbocycles. The first kappa shape index (κ1) is 14.0. The largest absolute Gasteiger partial charge is 0.328 e. The van der Waals surface area contributed by atoms with Gasteiger partial charge in [0.1, 0.15) is 0 Å². The van der Waals surface area contributed by atoms with Crippen molar-refractivity contribution in [1.82, 2.24) is 14.7 Å². The van der Waals surface area contributed by atoms with Crippen molar-refractivity contribution in [2.75, 3.05) is 19.6 Å². The Balaban J connectivity index is 0.000000184. The van der Waals surface area contributed by atoms with Crippen LogP contribution in [-0.4, -0.2) is 46.3 Å². The van der Waals surface area contributed by atoms with Gasteiger partial charge in [0.15, 0.2) is 0 Å². The zero-order valence-electron chi connectivity index (χ0n) is 10.5. The van der Waals surface area contributed by atoms with Crippen molar-refractivity contribution in [1.29, 1.82) is 0 Å². The average molecular weight is 249 g/mol. The maximum atomic E-state index is 11.1. The van der Waals surface area contributed by atoms with Crippen LogP contribution in [0, 0.1) is 0 Å². The zero-order valence-corrected chi connectivity index (χ0v) is 10.5. The van der Waals surface area contributed by atoms with E-state index in [1.807, 2.05) is 0 Å². The van der Waals surface area contributed by atoms with Crippen molar-refractivity contribution in [3.8, 4) is 0 Å². The highest BCUT2D eigenvalue weighted by atomic mass is 16.2. The van der Waals surface area contributed by atoms with Crippen molar-refractivity contribution in [2.45, 2.75) is 12.8 Å². The summed E-state index contributed by atoms with van der Waals surface area (Å²) in [5, 5.41) is 0. The molecule has 0 bridgehead atoms. The topological polar surface area (TPSA) is 43.9 Å². The fourth-order valence-electron chi connectivity index (χ4n) is 1.77. The van der Waals surface area contributed by atoms with Crippen molar-refractivity contribution in [2.24, 2.45) is 0 Å². The summed E-state index contributed by atoms with van der Waals surface area (Å²) in [6.45, 7) is 12.8. The Hall–Kier alpha value is -2.04. The monoisotopic (exact) mass is 249 g/mol. The summed E-state index contributed by atoms with van der Waals surface area (Å²) in [6, 6.07) is -0.0370. The van der Waals surface area contributed by atoms with Crippen LogP contribution in [0.5, 0.6) is 0 Å². The van der Waals surface area contributed by atoms with Crippen LogP contribution in [0.3, 0.4) is 0 Å². The molecule has 2 fully saturated rings. The summed E-state index contributed by atoms with van der Waals surface area (Å²) in [4.78, 5) is 26.5. The highest BCUT2D eigenvalue weighted by Gasteiger charge is 2.23. The van der Waals surface area contributed by atoms with E-state index in [0.717, 1.165) is 13.0 Å². The highest BCUT2D eigenvalue weighted by molar-refractivity contribution is 5.79. The van der Waals surface area contributed by atoms with Gasteiger partial charge in [0.2, 0.25) is 5.91 Å². The minimum absolute atomic E-state index is 0.0370. The third kappa shape index (κ3) is 3.23. The third-order valence-corrected chi connectivity index (χ3v) is 2.84. The molecule has 98 valence electrons. The van der Waals surface area contributed by atoms with Crippen molar-refractivity contribution >= 4 is 11.9 Å². The van der Waals surface area contributed by atoms with Gasteiger partial charge in [-0.1, -0.05) is 19.7 Å². The molecule has 0 N–H and O–H groups in total. The maximum absolute atomic E-state index is 11.1. The number of likely N-dealkylation sites (tertiary alicyclic amines) is 1. The molecule has 5 heteroatoms. The summed E-state index contributed by atoms with van der Waals surface area (Å²) in [5.74, 6) is 0.208. The van der Waals surface area contributed by atoms with Gasteiger partial charge in [-0.15, -0.1) is 0 Å². The molecule has 2 heterocycles. The predicted octanol–water partition coefficient (Wildman–Crippen LogP) is 1.76. The van der Waals surface area contributed by atoms with Crippen LogP contribution >= 0.6 is 0 Å². The van der Waals surface area contributed by atoms with Gasteiger partial charge in [0, 0.05) is 38.5 Å². The van der Waals surface area contributed by atoms with Crippen LogP contribution in [0.4, 0.5) is 4.79 Å². The first-order valence-corrected chi connectivity index (χ1v) is 5.88. The van der Waals surface area contributed by atoms with E-state index in [1.165, 1.54) is 12.4 Å². The molecule has 5 nitrogen and oxygen atoms in total. The molecule has 2 aliphatic rings. The number of rotatable bonds is 3. The third-order valence-electron chi connectivity index (χ3n) is 2.84. The molecule has 0 spiro atoms. The number of carbonyl (C=O) groups is 2. The molecule has 2 aliphatic heterocycles. The van der Waals surface area contributed by atoms with Crippen molar-refractivity contribution in [3.05, 3.63) is 38.3 Å². The van der Waals surface area contributed by atoms with E-state index in [9.17, 15) is 9.59 Å². The number of carbonyl (C=O) groups excluding carboxylic acids is 2. The Labute approximate surface area is 108 Å². The lowest BCUT2D eigenvalue weighted by Gasteiger charge is -2.09. The van der Waals surface area contributed by atoms with E-state index >= 15 is 0 Å². The Morgan fingerprint density at radius 1 is 0.833 bits per heavy atom. The molecule has 0 radical (unpaired) electrons. The molecule has 0 atom stereocenters. The van der Waals surface area contributed by atoms with Crippen LogP contribution in [0.2, 0.25) is 0 Å². The van der Waals surface area contributed by atoms with Gasteiger partial charge in [-0.25, -0.2) is 4.79 Å². The van der Waals surface area contributed by atoms with E-state index in [1.54, 1.807) is 20.9 Å². The fraction of sp³-hybridized carbons (Fsp3) is 0.385. The average Bonchev–Trinajstić information content (AvgIpc) is 2.95. The van der Waals surface area contributed by atoms with Gasteiger partial charge in [0.05, 0.1) is 0 Å². The molecule has 2 rings (SSSR count). The van der Waals surface area contributed by atoms with Gasteiger partial charge in [0.25, 0.3) is 0 Å². The minimum Gasteiger partial charge on any atom is -0.320 e. The lowest BCUT2D eigenvalue weighted by molar-refractivity contribution is -0.125. The quantitative estimate of drug-likeness (QED) is 0.765. The van der Waals surface area contributed by atoms with E-state index < -0.39 is 0 Å². The molecule has 0 aliphatic carbocycles. The number of hydrogen-bond acceptors (Lipinski definition) is 2. The Kier molecular flexibility index (Phi) is 5.17. The lowest BCUT2D eigenvalue weighted by atomic mass is 10.4. The van der Waals surface area contributed by atoms with Gasteiger partial charge in [-0.05, 0) is 12.6 Å². The standard InChI is InChI=1S/C7H10N2O.C6H9NO/c1-3-8-5-6-9(4-2)7(8)10;1-2-7-5-3-4-6(7)8/h3-4H,1-2,5-6H2;2H,1,3-5H2. The second-order valence-corrected chi connectivity index (χ2v) is 3.91. The SMILES string of the molecule is C=CN1CCCC1=O.C=CN1CCN(C=C)C1=O. The summed E-state index contributed by atoms with van der Waals surface area (Å²) >= 11 is 0. The van der Waals surface area contributed by atoms with E-state index in [0.29, 0.717) is 19.5 Å². The second kappa shape index (κ2) is 6.64. The molecular formula is C13H19N3O2. The van der Waals surface area contributed by atoms with Crippen LogP contribution in [0.15, 0.2) is 38.3 Å². The number of nitrogens with zero attached hydrogens (tertiary/aromatic N) is 3. The molecule has 0 unspecified atom stereocenters. The summed E-state index contributed by atoms with van der Waals surface area (Å²) in [6.07, 6.45) is 6.35. The van der Waals surface area contributed by atoms with Crippen molar-refractivity contribution < 1.29 is 9.59 Å².